The number of hydrogen-bond donors (Lipinski definition) is 2. The summed E-state index contributed by atoms with van der Waals surface area (Å²) in [6, 6.07) is 12.5. The Morgan fingerprint density at radius 2 is 1.87 bits per heavy atom. The normalized spacial score (nSPS) is 13.0. The number of hydrogen-bond acceptors (Lipinski definition) is 4. The van der Waals surface area contributed by atoms with Crippen molar-refractivity contribution in [3.63, 3.8) is 0 Å². The molecule has 0 bridgehead atoms. The summed E-state index contributed by atoms with van der Waals surface area (Å²) in [4.78, 5) is 37.2. The molecule has 2 amide bonds. The number of carboxylic acid groups (broad SMARTS) is 1. The lowest BCUT2D eigenvalue weighted by molar-refractivity contribution is 0.0600. The fourth-order valence-corrected chi connectivity index (χ4v) is 3.75. The highest BCUT2D eigenvalue weighted by molar-refractivity contribution is 6.07. The Bertz CT molecular complexity index is 1130. The SMILES string of the molecule is COC(=O)c1ccc(CNC(=O)c2cn3c4c(cccc24)CN(C(=O)O)CC3)cc1. The van der Waals surface area contributed by atoms with Crippen LogP contribution in [0.3, 0.4) is 0 Å². The van der Waals surface area contributed by atoms with E-state index in [1.165, 1.54) is 12.0 Å². The van der Waals surface area contributed by atoms with Crippen molar-refractivity contribution in [1.82, 2.24) is 14.8 Å². The molecule has 0 saturated carbocycles. The van der Waals surface area contributed by atoms with E-state index in [1.807, 2.05) is 22.8 Å². The summed E-state index contributed by atoms with van der Waals surface area (Å²) < 4.78 is 6.63. The maximum Gasteiger partial charge on any atom is 0.407 e. The monoisotopic (exact) mass is 407 g/mol. The average Bonchev–Trinajstić information content (AvgIpc) is 3.02. The maximum atomic E-state index is 12.9. The molecule has 0 fully saturated rings. The van der Waals surface area contributed by atoms with Crippen molar-refractivity contribution < 1.29 is 24.2 Å². The van der Waals surface area contributed by atoms with E-state index in [2.05, 4.69) is 10.1 Å². The molecular formula is C22H21N3O5. The van der Waals surface area contributed by atoms with Crippen LogP contribution < -0.4 is 5.32 Å². The number of carbonyl (C=O) groups excluding carboxylic acids is 2. The number of methoxy groups -OCH3 is 1. The Labute approximate surface area is 172 Å². The zero-order valence-corrected chi connectivity index (χ0v) is 16.4. The number of nitrogens with zero attached hydrogens (tertiary/aromatic N) is 2. The first-order valence-corrected chi connectivity index (χ1v) is 9.52. The topological polar surface area (TPSA) is 101 Å². The summed E-state index contributed by atoms with van der Waals surface area (Å²) in [5, 5.41) is 13.1. The first kappa shape index (κ1) is 19.5. The summed E-state index contributed by atoms with van der Waals surface area (Å²) in [6.07, 6.45) is 0.837. The number of rotatable bonds is 4. The van der Waals surface area contributed by atoms with Gasteiger partial charge in [0, 0.05) is 31.2 Å². The fourth-order valence-electron chi connectivity index (χ4n) is 3.75. The number of para-hydroxylation sites is 1. The van der Waals surface area contributed by atoms with Crippen LogP contribution in [0.2, 0.25) is 0 Å². The molecule has 2 N–H and O–H groups in total. The van der Waals surface area contributed by atoms with Crippen LogP contribution in [0.25, 0.3) is 10.9 Å². The number of nitrogens with one attached hydrogen (secondary N) is 1. The minimum atomic E-state index is -0.950. The van der Waals surface area contributed by atoms with Gasteiger partial charge in [0.15, 0.2) is 0 Å². The molecule has 0 saturated heterocycles. The third kappa shape index (κ3) is 3.59. The molecule has 8 nitrogen and oxygen atoms in total. The van der Waals surface area contributed by atoms with E-state index >= 15 is 0 Å². The molecular weight excluding hydrogens is 386 g/mol. The van der Waals surface area contributed by atoms with Crippen molar-refractivity contribution in [1.29, 1.82) is 0 Å². The second-order valence-corrected chi connectivity index (χ2v) is 7.12. The summed E-state index contributed by atoms with van der Waals surface area (Å²) >= 11 is 0. The Balaban J connectivity index is 1.54. The summed E-state index contributed by atoms with van der Waals surface area (Å²) in [6.45, 7) is 1.47. The lowest BCUT2D eigenvalue weighted by atomic mass is 10.1. The number of ether oxygens (including phenoxy) is 1. The molecule has 30 heavy (non-hydrogen) atoms. The van der Waals surface area contributed by atoms with Gasteiger partial charge in [-0.25, -0.2) is 9.59 Å². The number of esters is 1. The highest BCUT2D eigenvalue weighted by Crippen LogP contribution is 2.28. The van der Waals surface area contributed by atoms with Gasteiger partial charge < -0.3 is 24.6 Å². The van der Waals surface area contributed by atoms with Gasteiger partial charge in [-0.15, -0.1) is 0 Å². The molecule has 3 aromatic rings. The van der Waals surface area contributed by atoms with Crippen molar-refractivity contribution in [2.24, 2.45) is 0 Å². The minimum absolute atomic E-state index is 0.205. The van der Waals surface area contributed by atoms with Gasteiger partial charge in [-0.3, -0.25) is 4.79 Å². The highest BCUT2D eigenvalue weighted by atomic mass is 16.5. The Kier molecular flexibility index (Phi) is 5.14. The molecule has 1 aliphatic rings. The molecule has 4 rings (SSSR count). The van der Waals surface area contributed by atoms with Gasteiger partial charge >= 0.3 is 12.1 Å². The first-order valence-electron chi connectivity index (χ1n) is 9.52. The first-order chi connectivity index (χ1) is 14.5. The molecule has 2 heterocycles. The van der Waals surface area contributed by atoms with Crippen LogP contribution in [-0.4, -0.2) is 46.2 Å². The molecule has 0 spiro atoms. The Morgan fingerprint density at radius 1 is 1.10 bits per heavy atom. The lowest BCUT2D eigenvalue weighted by Crippen LogP contribution is -2.30. The molecule has 0 aliphatic carbocycles. The van der Waals surface area contributed by atoms with E-state index in [4.69, 9.17) is 0 Å². The van der Waals surface area contributed by atoms with Crippen molar-refractivity contribution >= 4 is 28.9 Å². The minimum Gasteiger partial charge on any atom is -0.465 e. The van der Waals surface area contributed by atoms with E-state index in [0.29, 0.717) is 37.3 Å². The number of aromatic nitrogens is 1. The molecule has 1 aromatic heterocycles. The van der Waals surface area contributed by atoms with Crippen molar-refractivity contribution in [3.05, 3.63) is 70.9 Å². The Morgan fingerprint density at radius 3 is 2.57 bits per heavy atom. The van der Waals surface area contributed by atoms with Gasteiger partial charge in [-0.1, -0.05) is 30.3 Å². The fraction of sp³-hybridized carbons (Fsp3) is 0.227. The van der Waals surface area contributed by atoms with E-state index < -0.39 is 12.1 Å². The van der Waals surface area contributed by atoms with Gasteiger partial charge in [0.1, 0.15) is 0 Å². The van der Waals surface area contributed by atoms with Crippen molar-refractivity contribution in [3.8, 4) is 0 Å². The van der Waals surface area contributed by atoms with Crippen LogP contribution in [0.5, 0.6) is 0 Å². The number of benzene rings is 2. The van der Waals surface area contributed by atoms with Gasteiger partial charge in [0.05, 0.1) is 30.3 Å². The summed E-state index contributed by atoms with van der Waals surface area (Å²) in [5.74, 6) is -0.610. The maximum absolute atomic E-state index is 12.9. The van der Waals surface area contributed by atoms with Crippen LogP contribution in [0.15, 0.2) is 48.7 Å². The van der Waals surface area contributed by atoms with Gasteiger partial charge in [-0.2, -0.15) is 0 Å². The molecule has 2 aromatic carbocycles. The highest BCUT2D eigenvalue weighted by Gasteiger charge is 2.23. The van der Waals surface area contributed by atoms with Crippen LogP contribution >= 0.6 is 0 Å². The standard InChI is InChI=1S/C22H21N3O5/c1-30-21(27)15-7-5-14(6-8-15)11-23-20(26)18-13-24-9-10-25(22(28)29)12-16-3-2-4-17(18)19(16)24/h2-8,13H,9-12H2,1H3,(H,23,26)(H,28,29). The predicted octanol–water partition coefficient (Wildman–Crippen LogP) is 2.85. The van der Waals surface area contributed by atoms with Gasteiger partial charge in [-0.05, 0) is 23.3 Å². The zero-order chi connectivity index (χ0) is 21.3. The predicted molar refractivity (Wildman–Crippen MR) is 109 cm³/mol. The zero-order valence-electron chi connectivity index (χ0n) is 16.4. The van der Waals surface area contributed by atoms with Crippen molar-refractivity contribution in [2.45, 2.75) is 19.6 Å². The smallest absolute Gasteiger partial charge is 0.407 e. The number of carbonyl (C=O) groups is 3. The van der Waals surface area contributed by atoms with E-state index in [1.54, 1.807) is 30.5 Å². The molecule has 8 heteroatoms. The van der Waals surface area contributed by atoms with E-state index in [9.17, 15) is 19.5 Å². The van der Waals surface area contributed by atoms with Gasteiger partial charge in [0.2, 0.25) is 0 Å². The second-order valence-electron chi connectivity index (χ2n) is 7.12. The van der Waals surface area contributed by atoms with Crippen LogP contribution in [0.1, 0.15) is 31.8 Å². The quantitative estimate of drug-likeness (QED) is 0.648. The molecule has 0 unspecified atom stereocenters. The average molecular weight is 407 g/mol. The summed E-state index contributed by atoms with van der Waals surface area (Å²) in [7, 11) is 1.33. The summed E-state index contributed by atoms with van der Waals surface area (Å²) in [5.41, 5.74) is 3.65. The van der Waals surface area contributed by atoms with Crippen molar-refractivity contribution in [2.75, 3.05) is 13.7 Å². The van der Waals surface area contributed by atoms with Crippen LogP contribution in [0.4, 0.5) is 4.79 Å². The molecule has 0 atom stereocenters. The lowest BCUT2D eigenvalue weighted by Gasteiger charge is -2.16. The van der Waals surface area contributed by atoms with E-state index in [0.717, 1.165) is 22.0 Å². The van der Waals surface area contributed by atoms with Crippen LogP contribution in [0, 0.1) is 0 Å². The third-order valence-electron chi connectivity index (χ3n) is 5.30. The Hall–Kier alpha value is -3.81. The van der Waals surface area contributed by atoms with Crippen LogP contribution in [-0.2, 0) is 24.4 Å². The number of amides is 2. The molecule has 1 aliphatic heterocycles. The van der Waals surface area contributed by atoms with E-state index in [-0.39, 0.29) is 5.91 Å². The second kappa shape index (κ2) is 7.90. The van der Waals surface area contributed by atoms with Gasteiger partial charge in [0.25, 0.3) is 5.91 Å². The molecule has 154 valence electrons. The largest absolute Gasteiger partial charge is 0.465 e. The molecule has 0 radical (unpaired) electrons. The third-order valence-corrected chi connectivity index (χ3v) is 5.30.